The van der Waals surface area contributed by atoms with E-state index >= 15 is 0 Å². The number of nitrogen functional groups attached to an aromatic ring is 1. The van der Waals surface area contributed by atoms with Gasteiger partial charge in [-0.1, -0.05) is 50.0 Å². The van der Waals surface area contributed by atoms with Gasteiger partial charge in [0.05, 0.1) is 10.6 Å². The number of hydrogen-bond donors (Lipinski definition) is 1. The molecular weight excluding hydrogens is 295 g/mol. The largest absolute Gasteiger partial charge is 0.336 e. The van der Waals surface area contributed by atoms with Crippen molar-refractivity contribution in [1.29, 1.82) is 0 Å². The quantitative estimate of drug-likeness (QED) is 0.814. The minimum Gasteiger partial charge on any atom is -0.336 e. The van der Waals surface area contributed by atoms with E-state index in [-0.39, 0.29) is 11.0 Å². The molecule has 5 heteroatoms. The summed E-state index contributed by atoms with van der Waals surface area (Å²) in [5.41, 5.74) is 1.36. The minimum atomic E-state index is -0.276. The molecule has 20 heavy (non-hydrogen) atoms. The maximum absolute atomic E-state index is 12.4. The van der Waals surface area contributed by atoms with Crippen LogP contribution in [0.2, 0.25) is 10.0 Å². The van der Waals surface area contributed by atoms with Gasteiger partial charge in [-0.3, -0.25) is 4.79 Å². The van der Waals surface area contributed by atoms with Gasteiger partial charge in [-0.2, -0.15) is 0 Å². The molecule has 0 radical (unpaired) electrons. The van der Waals surface area contributed by atoms with Crippen molar-refractivity contribution in [2.75, 3.05) is 5.84 Å². The molecule has 0 aliphatic rings. The van der Waals surface area contributed by atoms with E-state index in [2.05, 4.69) is 0 Å². The Kier molecular flexibility index (Phi) is 3.85. The first kappa shape index (κ1) is 14.9. The molecule has 0 fully saturated rings. The van der Waals surface area contributed by atoms with E-state index in [1.165, 1.54) is 4.68 Å². The zero-order valence-corrected chi connectivity index (χ0v) is 13.1. The molecule has 1 aromatic heterocycles. The van der Waals surface area contributed by atoms with E-state index in [4.69, 9.17) is 29.0 Å². The zero-order chi connectivity index (χ0) is 15.1. The molecule has 3 nitrogen and oxygen atoms in total. The van der Waals surface area contributed by atoms with E-state index < -0.39 is 0 Å². The van der Waals surface area contributed by atoms with E-state index in [9.17, 15) is 4.79 Å². The first-order valence-electron chi connectivity index (χ1n) is 6.19. The van der Waals surface area contributed by atoms with Crippen LogP contribution in [0.3, 0.4) is 0 Å². The monoisotopic (exact) mass is 310 g/mol. The third-order valence-corrected chi connectivity index (χ3v) is 3.65. The Morgan fingerprint density at radius 2 is 1.65 bits per heavy atom. The van der Waals surface area contributed by atoms with Gasteiger partial charge in [0.1, 0.15) is 0 Å². The number of halogens is 2. The van der Waals surface area contributed by atoms with Crippen LogP contribution in [0.4, 0.5) is 0 Å². The SMILES string of the molecule is CC(C)(C)c1ccc(-c2ccc(Cl)cc2Cl)c(=O)n1N. The minimum absolute atomic E-state index is 0.212. The van der Waals surface area contributed by atoms with Crippen molar-refractivity contribution in [2.45, 2.75) is 26.2 Å². The Hall–Kier alpha value is -1.45. The highest BCUT2D eigenvalue weighted by Crippen LogP contribution is 2.29. The second-order valence-corrected chi connectivity index (χ2v) is 6.53. The molecule has 1 aromatic carbocycles. The second-order valence-electron chi connectivity index (χ2n) is 5.68. The highest BCUT2D eigenvalue weighted by Gasteiger charge is 2.20. The summed E-state index contributed by atoms with van der Waals surface area (Å²) in [6, 6.07) is 8.62. The fraction of sp³-hybridized carbons (Fsp3) is 0.267. The average molecular weight is 311 g/mol. The van der Waals surface area contributed by atoms with Crippen LogP contribution in [0.15, 0.2) is 35.1 Å². The van der Waals surface area contributed by atoms with Crippen LogP contribution >= 0.6 is 23.2 Å². The lowest BCUT2D eigenvalue weighted by Crippen LogP contribution is -2.35. The molecule has 1 heterocycles. The lowest BCUT2D eigenvalue weighted by Gasteiger charge is -2.22. The molecule has 2 rings (SSSR count). The summed E-state index contributed by atoms with van der Waals surface area (Å²) in [4.78, 5) is 12.4. The fourth-order valence-electron chi connectivity index (χ4n) is 2.08. The Labute approximate surface area is 127 Å². The Bertz CT molecular complexity index is 715. The van der Waals surface area contributed by atoms with Gasteiger partial charge >= 0.3 is 0 Å². The predicted octanol–water partition coefficient (Wildman–Crippen LogP) is 3.83. The summed E-state index contributed by atoms with van der Waals surface area (Å²) >= 11 is 12.0. The van der Waals surface area contributed by atoms with Crippen LogP contribution in [-0.2, 0) is 5.41 Å². The van der Waals surface area contributed by atoms with E-state index in [0.29, 0.717) is 21.2 Å². The molecule has 0 saturated heterocycles. The van der Waals surface area contributed by atoms with Crippen LogP contribution in [-0.4, -0.2) is 4.68 Å². The molecule has 0 saturated carbocycles. The normalized spacial score (nSPS) is 11.7. The van der Waals surface area contributed by atoms with Crippen LogP contribution < -0.4 is 11.4 Å². The number of pyridine rings is 1. The second kappa shape index (κ2) is 5.15. The maximum atomic E-state index is 12.4. The van der Waals surface area contributed by atoms with Gasteiger partial charge in [-0.05, 0) is 24.3 Å². The maximum Gasteiger partial charge on any atom is 0.276 e. The van der Waals surface area contributed by atoms with E-state index in [1.54, 1.807) is 24.3 Å². The molecule has 2 aromatic rings. The summed E-state index contributed by atoms with van der Waals surface area (Å²) < 4.78 is 1.18. The summed E-state index contributed by atoms with van der Waals surface area (Å²) in [5.74, 6) is 5.92. The van der Waals surface area contributed by atoms with Gasteiger partial charge in [0.15, 0.2) is 0 Å². The van der Waals surface area contributed by atoms with Crippen molar-refractivity contribution in [3.63, 3.8) is 0 Å². The lowest BCUT2D eigenvalue weighted by molar-refractivity contribution is 0.541. The van der Waals surface area contributed by atoms with Crippen LogP contribution in [0, 0.1) is 0 Å². The molecule has 0 spiro atoms. The Morgan fingerprint density at radius 3 is 2.20 bits per heavy atom. The first-order valence-corrected chi connectivity index (χ1v) is 6.94. The third-order valence-electron chi connectivity index (χ3n) is 3.11. The summed E-state index contributed by atoms with van der Waals surface area (Å²) in [7, 11) is 0. The van der Waals surface area contributed by atoms with Gasteiger partial charge in [0.2, 0.25) is 0 Å². The van der Waals surface area contributed by atoms with Crippen LogP contribution in [0.25, 0.3) is 11.1 Å². The summed E-state index contributed by atoms with van der Waals surface area (Å²) in [6.45, 7) is 6.00. The highest BCUT2D eigenvalue weighted by atomic mass is 35.5. The molecular formula is C15H16Cl2N2O. The number of nitrogens with zero attached hydrogens (tertiary/aromatic N) is 1. The molecule has 106 valence electrons. The molecule has 0 amide bonds. The van der Waals surface area contributed by atoms with Gasteiger partial charge in [-0.25, -0.2) is 4.68 Å². The van der Waals surface area contributed by atoms with Crippen molar-refractivity contribution >= 4 is 23.2 Å². The topological polar surface area (TPSA) is 48.0 Å². The predicted molar refractivity (Wildman–Crippen MR) is 85.0 cm³/mol. The number of aromatic nitrogens is 1. The van der Waals surface area contributed by atoms with Crippen LogP contribution in [0.5, 0.6) is 0 Å². The van der Waals surface area contributed by atoms with Gasteiger partial charge in [0.25, 0.3) is 5.56 Å². The number of nitrogens with two attached hydrogens (primary N) is 1. The van der Waals surface area contributed by atoms with E-state index in [0.717, 1.165) is 5.69 Å². The van der Waals surface area contributed by atoms with Crippen LogP contribution in [0.1, 0.15) is 26.5 Å². The highest BCUT2D eigenvalue weighted by molar-refractivity contribution is 6.36. The molecule has 0 aliphatic carbocycles. The Balaban J connectivity index is 2.66. The standard InChI is InChI=1S/C15H16Cl2N2O/c1-15(2,3)13-7-6-11(14(20)19(13)18)10-5-4-9(16)8-12(10)17/h4-8H,18H2,1-3H3. The third kappa shape index (κ3) is 2.69. The number of rotatable bonds is 1. The number of hydrogen-bond acceptors (Lipinski definition) is 2. The smallest absolute Gasteiger partial charge is 0.276 e. The van der Waals surface area contributed by atoms with Crippen molar-refractivity contribution in [3.05, 3.63) is 56.4 Å². The van der Waals surface area contributed by atoms with Gasteiger partial charge in [-0.15, -0.1) is 0 Å². The average Bonchev–Trinajstić information content (AvgIpc) is 2.32. The summed E-state index contributed by atoms with van der Waals surface area (Å²) in [6.07, 6.45) is 0. The van der Waals surface area contributed by atoms with Gasteiger partial charge in [0, 0.05) is 21.7 Å². The van der Waals surface area contributed by atoms with Crippen molar-refractivity contribution in [2.24, 2.45) is 0 Å². The molecule has 0 atom stereocenters. The molecule has 2 N–H and O–H groups in total. The van der Waals surface area contributed by atoms with E-state index in [1.807, 2.05) is 26.8 Å². The fourth-order valence-corrected chi connectivity index (χ4v) is 2.59. The van der Waals surface area contributed by atoms with Gasteiger partial charge < -0.3 is 5.84 Å². The molecule has 0 unspecified atom stereocenters. The lowest BCUT2D eigenvalue weighted by atomic mass is 9.91. The van der Waals surface area contributed by atoms with Crippen molar-refractivity contribution in [1.82, 2.24) is 4.68 Å². The number of benzene rings is 1. The molecule has 0 bridgehead atoms. The van der Waals surface area contributed by atoms with Crippen molar-refractivity contribution < 1.29 is 0 Å². The zero-order valence-electron chi connectivity index (χ0n) is 11.6. The Morgan fingerprint density at radius 1 is 1.05 bits per heavy atom. The summed E-state index contributed by atoms with van der Waals surface area (Å²) in [5, 5.41) is 0.955. The molecule has 0 aliphatic heterocycles. The van der Waals surface area contributed by atoms with Crippen molar-refractivity contribution in [3.8, 4) is 11.1 Å². The first-order chi connectivity index (χ1) is 9.21.